The van der Waals surface area contributed by atoms with Crippen molar-refractivity contribution in [2.45, 2.75) is 25.7 Å². The van der Waals surface area contributed by atoms with Gasteiger partial charge in [0, 0.05) is 12.1 Å². The second-order valence-corrected chi connectivity index (χ2v) is 4.77. The van der Waals surface area contributed by atoms with Crippen molar-refractivity contribution >= 4 is 18.7 Å². The van der Waals surface area contributed by atoms with E-state index in [-0.39, 0.29) is 0 Å². The first-order valence-electron chi connectivity index (χ1n) is 5.72. The second kappa shape index (κ2) is 9.22. The number of benzene rings is 1. The summed E-state index contributed by atoms with van der Waals surface area (Å²) in [5.41, 5.74) is 1.25. The van der Waals surface area contributed by atoms with Crippen LogP contribution in [0.4, 0.5) is 17.3 Å². The first-order valence-corrected chi connectivity index (χ1v) is 6.80. The van der Waals surface area contributed by atoms with Crippen LogP contribution >= 0.6 is 0 Å². The van der Waals surface area contributed by atoms with Crippen molar-refractivity contribution in [1.82, 2.24) is 0 Å². The Bertz CT molecular complexity index is 334. The predicted molar refractivity (Wildman–Crippen MR) is 70.2 cm³/mol. The SMILES string of the molecule is CCO[S+](OCC)c1ccc(C)cc1.F[B-](F)(F)F. The molecule has 1 aromatic carbocycles. The molecular formula is C11H17BF4O2S. The number of rotatable bonds is 5. The van der Waals surface area contributed by atoms with Gasteiger partial charge in [0.15, 0.2) is 0 Å². The van der Waals surface area contributed by atoms with Crippen LogP contribution in [0.25, 0.3) is 0 Å². The summed E-state index contributed by atoms with van der Waals surface area (Å²) in [6, 6.07) is 8.27. The van der Waals surface area contributed by atoms with Gasteiger partial charge in [-0.1, -0.05) is 17.7 Å². The monoisotopic (exact) mass is 300 g/mol. The maximum absolute atomic E-state index is 9.75. The topological polar surface area (TPSA) is 18.5 Å². The maximum atomic E-state index is 9.75. The Morgan fingerprint density at radius 2 is 1.32 bits per heavy atom. The molecule has 0 aliphatic heterocycles. The van der Waals surface area contributed by atoms with Crippen LogP contribution in [0.15, 0.2) is 29.2 Å². The van der Waals surface area contributed by atoms with Gasteiger partial charge < -0.3 is 17.3 Å². The van der Waals surface area contributed by atoms with Gasteiger partial charge in [0.05, 0.1) is 0 Å². The number of hydrogen-bond donors (Lipinski definition) is 0. The lowest BCUT2D eigenvalue weighted by atomic mass is 10.2. The van der Waals surface area contributed by atoms with E-state index in [1.165, 1.54) is 5.56 Å². The van der Waals surface area contributed by atoms with Crippen LogP contribution in [0.5, 0.6) is 0 Å². The van der Waals surface area contributed by atoms with Crippen LogP contribution in [0.2, 0.25) is 0 Å². The van der Waals surface area contributed by atoms with Crippen molar-refractivity contribution in [1.29, 1.82) is 0 Å². The zero-order valence-electron chi connectivity index (χ0n) is 11.0. The second-order valence-electron chi connectivity index (χ2n) is 3.36. The van der Waals surface area contributed by atoms with Gasteiger partial charge in [-0.25, -0.2) is 0 Å². The summed E-state index contributed by atoms with van der Waals surface area (Å²) in [5, 5.41) is 0. The highest BCUT2D eigenvalue weighted by molar-refractivity contribution is 7.87. The van der Waals surface area contributed by atoms with E-state index < -0.39 is 18.7 Å². The van der Waals surface area contributed by atoms with Gasteiger partial charge in [-0.15, -0.1) is 8.37 Å². The summed E-state index contributed by atoms with van der Waals surface area (Å²) in [4.78, 5) is 1.11. The van der Waals surface area contributed by atoms with Gasteiger partial charge in [0.2, 0.25) is 4.90 Å². The first-order chi connectivity index (χ1) is 8.77. The molecule has 19 heavy (non-hydrogen) atoms. The summed E-state index contributed by atoms with van der Waals surface area (Å²) in [6.45, 7) is 7.39. The fourth-order valence-electron chi connectivity index (χ4n) is 1.03. The van der Waals surface area contributed by atoms with Gasteiger partial charge in [-0.2, -0.15) is 0 Å². The maximum Gasteiger partial charge on any atom is 0.673 e. The van der Waals surface area contributed by atoms with Gasteiger partial charge in [-0.05, 0) is 20.8 Å². The Hall–Kier alpha value is -0.725. The minimum absolute atomic E-state index is 0.496. The lowest BCUT2D eigenvalue weighted by molar-refractivity contribution is 0.285. The Morgan fingerprint density at radius 1 is 0.947 bits per heavy atom. The molecule has 0 bridgehead atoms. The molecular weight excluding hydrogens is 283 g/mol. The van der Waals surface area contributed by atoms with Crippen molar-refractivity contribution in [3.8, 4) is 0 Å². The minimum atomic E-state index is -6.00. The zero-order chi connectivity index (χ0) is 14.9. The van der Waals surface area contributed by atoms with Crippen molar-refractivity contribution in [3.63, 3.8) is 0 Å². The molecule has 1 aromatic rings. The van der Waals surface area contributed by atoms with E-state index in [2.05, 4.69) is 31.2 Å². The highest BCUT2D eigenvalue weighted by Crippen LogP contribution is 2.17. The third kappa shape index (κ3) is 10.8. The largest absolute Gasteiger partial charge is 0.673 e. The first kappa shape index (κ1) is 18.3. The van der Waals surface area contributed by atoms with Crippen LogP contribution in [0, 0.1) is 6.92 Å². The molecule has 0 spiro atoms. The Kier molecular flexibility index (Phi) is 8.87. The van der Waals surface area contributed by atoms with Crippen LogP contribution in [0.1, 0.15) is 19.4 Å². The molecule has 0 saturated heterocycles. The number of halogens is 4. The van der Waals surface area contributed by atoms with Crippen molar-refractivity contribution in [2.75, 3.05) is 13.2 Å². The molecule has 0 aromatic heterocycles. The van der Waals surface area contributed by atoms with Crippen molar-refractivity contribution in [3.05, 3.63) is 29.8 Å². The molecule has 0 N–H and O–H groups in total. The molecule has 8 heteroatoms. The smallest absolute Gasteiger partial charge is 0.418 e. The predicted octanol–water partition coefficient (Wildman–Crippen LogP) is 4.18. The Morgan fingerprint density at radius 3 is 1.63 bits per heavy atom. The van der Waals surface area contributed by atoms with E-state index >= 15 is 0 Å². The zero-order valence-corrected chi connectivity index (χ0v) is 11.9. The Labute approximate surface area is 114 Å². The highest BCUT2D eigenvalue weighted by Gasteiger charge is 2.25. The van der Waals surface area contributed by atoms with Gasteiger partial charge in [0.25, 0.3) is 0 Å². The lowest BCUT2D eigenvalue weighted by Gasteiger charge is -2.01. The normalized spacial score (nSPS) is 11.2. The molecule has 0 saturated carbocycles. The summed E-state index contributed by atoms with van der Waals surface area (Å²) in [5.74, 6) is 0. The third-order valence-electron chi connectivity index (χ3n) is 1.66. The van der Waals surface area contributed by atoms with E-state index in [1.54, 1.807) is 0 Å². The van der Waals surface area contributed by atoms with Crippen molar-refractivity contribution in [2.24, 2.45) is 0 Å². The van der Waals surface area contributed by atoms with Gasteiger partial charge in [-0.3, -0.25) is 0 Å². The molecule has 0 amide bonds. The van der Waals surface area contributed by atoms with Crippen molar-refractivity contribution < 1.29 is 25.6 Å². The molecule has 110 valence electrons. The molecule has 0 fully saturated rings. The third-order valence-corrected chi connectivity index (χ3v) is 3.22. The fraction of sp³-hybridized carbons (Fsp3) is 0.455. The molecule has 0 heterocycles. The molecule has 0 aliphatic carbocycles. The standard InChI is InChI=1S/C11H17O2S.BF4/c1-4-12-14(13-5-2)11-8-6-10(3)7-9-11;2-1(3,4)5/h6-9H,4-5H2,1-3H3;/q+1;-1. The average molecular weight is 300 g/mol. The van der Waals surface area contributed by atoms with Gasteiger partial charge in [0.1, 0.15) is 13.2 Å². The summed E-state index contributed by atoms with van der Waals surface area (Å²) in [7, 11) is -6.00. The molecule has 0 radical (unpaired) electrons. The molecule has 2 nitrogen and oxygen atoms in total. The molecule has 0 atom stereocenters. The number of hydrogen-bond acceptors (Lipinski definition) is 2. The molecule has 1 rings (SSSR count). The van der Waals surface area contributed by atoms with Crippen LogP contribution in [-0.2, 0) is 19.8 Å². The van der Waals surface area contributed by atoms with Crippen LogP contribution < -0.4 is 0 Å². The molecule has 0 aliphatic rings. The van der Waals surface area contributed by atoms with E-state index in [4.69, 9.17) is 8.37 Å². The van der Waals surface area contributed by atoms with Gasteiger partial charge >= 0.3 is 18.7 Å². The summed E-state index contributed by atoms with van der Waals surface area (Å²) < 4.78 is 50.0. The van der Waals surface area contributed by atoms with E-state index in [9.17, 15) is 17.3 Å². The van der Waals surface area contributed by atoms with Crippen LogP contribution in [0.3, 0.4) is 0 Å². The minimum Gasteiger partial charge on any atom is -0.418 e. The lowest BCUT2D eigenvalue weighted by Crippen LogP contribution is -2.11. The van der Waals surface area contributed by atoms with Crippen LogP contribution in [-0.4, -0.2) is 20.5 Å². The van der Waals surface area contributed by atoms with E-state index in [0.29, 0.717) is 13.2 Å². The fourth-order valence-corrected chi connectivity index (χ4v) is 2.16. The van der Waals surface area contributed by atoms with E-state index in [0.717, 1.165) is 4.90 Å². The average Bonchev–Trinajstić information content (AvgIpc) is 2.28. The highest BCUT2D eigenvalue weighted by atomic mass is 32.2. The number of aryl methyl sites for hydroxylation is 1. The quantitative estimate of drug-likeness (QED) is 0.461. The summed E-state index contributed by atoms with van der Waals surface area (Å²) in [6.07, 6.45) is 0. The van der Waals surface area contributed by atoms with E-state index in [1.807, 2.05) is 13.8 Å². The summed E-state index contributed by atoms with van der Waals surface area (Å²) >= 11 is -0.496. The Balaban J connectivity index is 0.000000555. The molecule has 0 unspecified atom stereocenters.